The molecule has 8 heteroatoms. The van der Waals surface area contributed by atoms with Crippen LogP contribution in [0, 0.1) is 6.92 Å². The van der Waals surface area contributed by atoms with E-state index in [1.165, 1.54) is 11.3 Å². The Balaban J connectivity index is 1.52. The summed E-state index contributed by atoms with van der Waals surface area (Å²) in [5, 5.41) is 3.49. The van der Waals surface area contributed by atoms with Gasteiger partial charge in [-0.15, -0.1) is 23.1 Å². The second kappa shape index (κ2) is 6.83. The lowest BCUT2D eigenvalue weighted by Gasteiger charge is -2.29. The molecule has 1 aromatic heterocycles. The van der Waals surface area contributed by atoms with E-state index in [0.717, 1.165) is 28.3 Å². The standard InChI is InChI=1S/C19H21N3O3S2/c1-11-16(12-4-6-13(25-3)7-5-12)20-18(27-11)21-17(24)14-10-26-19(2)9-8-15(23)22(14)19/h4-7,14H,8-10H2,1-3H3,(H,20,21,24)/t14-,19+/m1/s1. The van der Waals surface area contributed by atoms with Gasteiger partial charge in [-0.2, -0.15) is 0 Å². The summed E-state index contributed by atoms with van der Waals surface area (Å²) in [5.41, 5.74) is 1.82. The third-order valence-corrected chi connectivity index (χ3v) is 7.53. The van der Waals surface area contributed by atoms with E-state index in [-0.39, 0.29) is 16.7 Å². The molecule has 142 valence electrons. The zero-order valence-electron chi connectivity index (χ0n) is 15.4. The highest BCUT2D eigenvalue weighted by Crippen LogP contribution is 2.47. The number of nitrogens with zero attached hydrogens (tertiary/aromatic N) is 2. The number of aryl methyl sites for hydroxylation is 1. The number of rotatable bonds is 4. The second-order valence-electron chi connectivity index (χ2n) is 6.91. The van der Waals surface area contributed by atoms with Gasteiger partial charge in [0, 0.05) is 22.6 Å². The van der Waals surface area contributed by atoms with E-state index in [9.17, 15) is 9.59 Å². The topological polar surface area (TPSA) is 71.5 Å². The fraction of sp³-hybridized carbons (Fsp3) is 0.421. The van der Waals surface area contributed by atoms with Gasteiger partial charge >= 0.3 is 0 Å². The highest BCUT2D eigenvalue weighted by molar-refractivity contribution is 8.01. The van der Waals surface area contributed by atoms with Crippen LogP contribution in [0.3, 0.4) is 0 Å². The van der Waals surface area contributed by atoms with Crippen molar-refractivity contribution in [1.82, 2.24) is 9.88 Å². The molecule has 0 spiro atoms. The van der Waals surface area contributed by atoms with Crippen LogP contribution in [-0.4, -0.2) is 45.5 Å². The average molecular weight is 404 g/mol. The Labute approximate surface area is 166 Å². The summed E-state index contributed by atoms with van der Waals surface area (Å²) in [6.07, 6.45) is 1.32. The molecule has 27 heavy (non-hydrogen) atoms. The summed E-state index contributed by atoms with van der Waals surface area (Å²) in [7, 11) is 1.63. The van der Waals surface area contributed by atoms with Crippen molar-refractivity contribution in [2.75, 3.05) is 18.2 Å². The van der Waals surface area contributed by atoms with Crippen LogP contribution in [-0.2, 0) is 9.59 Å². The molecule has 2 aliphatic rings. The van der Waals surface area contributed by atoms with Crippen LogP contribution in [0.15, 0.2) is 24.3 Å². The van der Waals surface area contributed by atoms with Crippen molar-refractivity contribution < 1.29 is 14.3 Å². The van der Waals surface area contributed by atoms with Gasteiger partial charge in [-0.05, 0) is 44.5 Å². The highest BCUT2D eigenvalue weighted by Gasteiger charge is 2.52. The highest BCUT2D eigenvalue weighted by atomic mass is 32.2. The molecule has 3 heterocycles. The molecule has 1 aromatic carbocycles. The van der Waals surface area contributed by atoms with Crippen molar-refractivity contribution >= 4 is 40.0 Å². The molecule has 1 N–H and O–H groups in total. The number of hydrogen-bond donors (Lipinski definition) is 1. The minimum absolute atomic E-state index is 0.0666. The molecule has 2 fully saturated rings. The van der Waals surface area contributed by atoms with Crippen LogP contribution in [0.1, 0.15) is 24.6 Å². The van der Waals surface area contributed by atoms with E-state index in [0.29, 0.717) is 17.3 Å². The van der Waals surface area contributed by atoms with E-state index in [4.69, 9.17) is 4.74 Å². The largest absolute Gasteiger partial charge is 0.497 e. The van der Waals surface area contributed by atoms with E-state index in [2.05, 4.69) is 10.3 Å². The van der Waals surface area contributed by atoms with Crippen LogP contribution < -0.4 is 10.1 Å². The third-order valence-electron chi connectivity index (χ3n) is 5.14. The van der Waals surface area contributed by atoms with Gasteiger partial charge in [0.25, 0.3) is 0 Å². The van der Waals surface area contributed by atoms with Gasteiger partial charge in [-0.3, -0.25) is 9.59 Å². The second-order valence-corrected chi connectivity index (χ2v) is 9.61. The summed E-state index contributed by atoms with van der Waals surface area (Å²) in [6.45, 7) is 4.03. The van der Waals surface area contributed by atoms with Crippen molar-refractivity contribution in [3.63, 3.8) is 0 Å². The van der Waals surface area contributed by atoms with Crippen LogP contribution >= 0.6 is 23.1 Å². The predicted octanol–water partition coefficient (Wildman–Crippen LogP) is 3.52. The molecule has 2 saturated heterocycles. The monoisotopic (exact) mass is 403 g/mol. The molecule has 2 aliphatic heterocycles. The predicted molar refractivity (Wildman–Crippen MR) is 108 cm³/mol. The first kappa shape index (κ1) is 18.3. The number of carbonyl (C=O) groups excluding carboxylic acids is 2. The number of fused-ring (bicyclic) bond motifs is 1. The Morgan fingerprint density at radius 2 is 2.11 bits per heavy atom. The first-order valence-electron chi connectivity index (χ1n) is 8.80. The van der Waals surface area contributed by atoms with Crippen molar-refractivity contribution in [3.8, 4) is 17.0 Å². The molecule has 6 nitrogen and oxygen atoms in total. The summed E-state index contributed by atoms with van der Waals surface area (Å²) in [4.78, 5) is 32.2. The first-order valence-corrected chi connectivity index (χ1v) is 10.6. The molecular formula is C19H21N3O3S2. The van der Waals surface area contributed by atoms with Crippen LogP contribution in [0.25, 0.3) is 11.3 Å². The van der Waals surface area contributed by atoms with E-state index in [1.807, 2.05) is 38.1 Å². The van der Waals surface area contributed by atoms with Gasteiger partial charge < -0.3 is 15.0 Å². The van der Waals surface area contributed by atoms with Crippen molar-refractivity contribution in [1.29, 1.82) is 0 Å². The number of benzene rings is 1. The van der Waals surface area contributed by atoms with Gasteiger partial charge in [-0.25, -0.2) is 4.98 Å². The maximum atomic E-state index is 12.8. The molecule has 2 aromatic rings. The Morgan fingerprint density at radius 1 is 1.37 bits per heavy atom. The SMILES string of the molecule is COc1ccc(-c2nc(NC(=O)[C@H]3CS[C@@]4(C)CCC(=O)N34)sc2C)cc1. The molecule has 0 unspecified atom stereocenters. The lowest BCUT2D eigenvalue weighted by Crippen LogP contribution is -2.48. The molecule has 2 atom stereocenters. The fourth-order valence-corrected chi connectivity index (χ4v) is 5.94. The van der Waals surface area contributed by atoms with Gasteiger partial charge in [0.2, 0.25) is 11.8 Å². The minimum atomic E-state index is -0.427. The quantitative estimate of drug-likeness (QED) is 0.846. The number of amides is 2. The smallest absolute Gasteiger partial charge is 0.249 e. The summed E-state index contributed by atoms with van der Waals surface area (Å²) >= 11 is 3.14. The first-order chi connectivity index (χ1) is 12.9. The number of ether oxygens (including phenoxy) is 1. The third kappa shape index (κ3) is 3.21. The maximum absolute atomic E-state index is 12.8. The molecule has 2 amide bonds. The normalized spacial score (nSPS) is 24.2. The molecule has 4 rings (SSSR count). The zero-order chi connectivity index (χ0) is 19.2. The number of nitrogens with one attached hydrogen (secondary N) is 1. The van der Waals surface area contributed by atoms with E-state index >= 15 is 0 Å². The molecule has 0 bridgehead atoms. The van der Waals surface area contributed by atoms with Gasteiger partial charge in [0.1, 0.15) is 11.8 Å². The number of thioether (sulfide) groups is 1. The van der Waals surface area contributed by atoms with Crippen LogP contribution in [0.2, 0.25) is 0 Å². The number of anilines is 1. The Kier molecular flexibility index (Phi) is 4.63. The number of carbonyl (C=O) groups is 2. The van der Waals surface area contributed by atoms with Crippen molar-refractivity contribution in [2.24, 2.45) is 0 Å². The minimum Gasteiger partial charge on any atom is -0.497 e. The number of hydrogen-bond acceptors (Lipinski definition) is 6. The zero-order valence-corrected chi connectivity index (χ0v) is 17.1. The molecular weight excluding hydrogens is 382 g/mol. The van der Waals surface area contributed by atoms with E-state index in [1.54, 1.807) is 23.8 Å². The lowest BCUT2D eigenvalue weighted by atomic mass is 10.1. The summed E-state index contributed by atoms with van der Waals surface area (Å²) in [5.74, 6) is 1.33. The van der Waals surface area contributed by atoms with Gasteiger partial charge in [0.15, 0.2) is 5.13 Å². The van der Waals surface area contributed by atoms with Gasteiger partial charge in [-0.1, -0.05) is 0 Å². The lowest BCUT2D eigenvalue weighted by molar-refractivity contribution is -0.135. The maximum Gasteiger partial charge on any atom is 0.249 e. The average Bonchev–Trinajstić information content (AvgIpc) is 3.28. The van der Waals surface area contributed by atoms with Crippen molar-refractivity contribution in [3.05, 3.63) is 29.1 Å². The van der Waals surface area contributed by atoms with Crippen LogP contribution in [0.5, 0.6) is 5.75 Å². The summed E-state index contributed by atoms with van der Waals surface area (Å²) in [6, 6.07) is 7.26. The fourth-order valence-electron chi connectivity index (χ4n) is 3.67. The molecule has 0 saturated carbocycles. The number of aromatic nitrogens is 1. The Bertz CT molecular complexity index is 896. The Morgan fingerprint density at radius 3 is 2.81 bits per heavy atom. The molecule has 0 radical (unpaired) electrons. The van der Waals surface area contributed by atoms with Crippen LogP contribution in [0.4, 0.5) is 5.13 Å². The van der Waals surface area contributed by atoms with Gasteiger partial charge in [0.05, 0.1) is 17.7 Å². The summed E-state index contributed by atoms with van der Waals surface area (Å²) < 4.78 is 5.19. The Hall–Kier alpha value is -2.06. The number of methoxy groups -OCH3 is 1. The van der Waals surface area contributed by atoms with Crippen molar-refractivity contribution in [2.45, 2.75) is 37.6 Å². The molecule has 0 aliphatic carbocycles. The van der Waals surface area contributed by atoms with E-state index < -0.39 is 6.04 Å². The number of thiazole rings is 1.